The number of carbonyl (C=O) groups is 1. The van der Waals surface area contributed by atoms with Crippen LogP contribution in [0.15, 0.2) is 72.8 Å². The molecule has 1 aromatic heterocycles. The van der Waals surface area contributed by atoms with E-state index in [-0.39, 0.29) is 5.91 Å². The van der Waals surface area contributed by atoms with Gasteiger partial charge in [0.2, 0.25) is 11.9 Å². The van der Waals surface area contributed by atoms with E-state index < -0.39 is 0 Å². The molecule has 0 unspecified atom stereocenters. The van der Waals surface area contributed by atoms with Crippen molar-refractivity contribution in [1.82, 2.24) is 14.8 Å². The molecule has 0 atom stereocenters. The average molecular weight is 474 g/mol. The number of benzene rings is 3. The van der Waals surface area contributed by atoms with Gasteiger partial charge in [-0.2, -0.15) is 9.67 Å². The van der Waals surface area contributed by atoms with Crippen LogP contribution in [0.2, 0.25) is 0 Å². The molecule has 1 heterocycles. The van der Waals surface area contributed by atoms with Gasteiger partial charge < -0.3 is 24.8 Å². The lowest BCUT2D eigenvalue weighted by molar-refractivity contribution is 0.0947. The predicted octanol–water partition coefficient (Wildman–Crippen LogP) is 4.22. The molecule has 0 saturated carbocycles. The molecule has 2 N–H and O–H groups in total. The number of ether oxygens (including phenoxy) is 3. The minimum absolute atomic E-state index is 0.305. The average Bonchev–Trinajstić information content (AvgIpc) is 3.33. The first-order chi connectivity index (χ1) is 17.1. The smallest absolute Gasteiger partial charge is 0.281 e. The minimum atomic E-state index is -0.326. The number of methoxy groups -OCH3 is 3. The van der Waals surface area contributed by atoms with E-state index in [1.807, 2.05) is 48.5 Å². The van der Waals surface area contributed by atoms with Gasteiger partial charge in [-0.15, -0.1) is 5.10 Å². The van der Waals surface area contributed by atoms with Crippen molar-refractivity contribution in [3.63, 3.8) is 0 Å². The Morgan fingerprint density at radius 1 is 0.771 bits per heavy atom. The molecule has 0 amide bonds. The molecule has 4 aromatic rings. The molecule has 0 aliphatic heterocycles. The first-order valence-electron chi connectivity index (χ1n) is 11.0. The van der Waals surface area contributed by atoms with Gasteiger partial charge in [0.25, 0.3) is 5.91 Å². The van der Waals surface area contributed by atoms with E-state index in [9.17, 15) is 4.79 Å². The molecule has 35 heavy (non-hydrogen) atoms. The van der Waals surface area contributed by atoms with Gasteiger partial charge in [0.05, 0.1) is 21.3 Å². The molecule has 0 aliphatic rings. The molecule has 0 spiro atoms. The Morgan fingerprint density at radius 3 is 1.91 bits per heavy atom. The molecule has 3 aromatic carbocycles. The quantitative estimate of drug-likeness (QED) is 0.353. The highest BCUT2D eigenvalue weighted by Gasteiger charge is 2.19. The molecule has 180 valence electrons. The van der Waals surface area contributed by atoms with Crippen LogP contribution in [-0.2, 0) is 13.1 Å². The normalized spacial score (nSPS) is 10.5. The van der Waals surface area contributed by atoms with Crippen molar-refractivity contribution >= 4 is 17.8 Å². The number of nitrogens with zero attached hydrogens (tertiary/aromatic N) is 3. The van der Waals surface area contributed by atoms with Gasteiger partial charge in [-0.05, 0) is 36.4 Å². The van der Waals surface area contributed by atoms with Crippen LogP contribution in [-0.4, -0.2) is 42.0 Å². The van der Waals surface area contributed by atoms with Crippen LogP contribution >= 0.6 is 0 Å². The molecule has 0 saturated heterocycles. The van der Waals surface area contributed by atoms with E-state index >= 15 is 0 Å². The first kappa shape index (κ1) is 23.6. The number of anilines is 2. The Balaban J connectivity index is 1.60. The van der Waals surface area contributed by atoms with E-state index in [2.05, 4.69) is 20.7 Å². The van der Waals surface area contributed by atoms with Crippen molar-refractivity contribution in [2.75, 3.05) is 32.0 Å². The summed E-state index contributed by atoms with van der Waals surface area (Å²) in [5.74, 6) is 2.44. The second kappa shape index (κ2) is 11.1. The molecule has 0 aliphatic carbocycles. The summed E-state index contributed by atoms with van der Waals surface area (Å²) in [5.41, 5.74) is 2.31. The molecule has 0 radical (unpaired) electrons. The highest BCUT2D eigenvalue weighted by Crippen LogP contribution is 2.22. The van der Waals surface area contributed by atoms with Crippen LogP contribution in [0.25, 0.3) is 0 Å². The van der Waals surface area contributed by atoms with Gasteiger partial charge in [0.1, 0.15) is 17.2 Å². The SMILES string of the molecule is COc1ccc(C(=O)n2nc(NCc3ccccc3OC)nc2NCc2ccccc2OC)cc1. The van der Waals surface area contributed by atoms with Crippen LogP contribution < -0.4 is 24.8 Å². The summed E-state index contributed by atoms with van der Waals surface area (Å²) < 4.78 is 17.3. The second-order valence-electron chi connectivity index (χ2n) is 7.54. The van der Waals surface area contributed by atoms with Crippen molar-refractivity contribution in [2.24, 2.45) is 0 Å². The first-order valence-corrected chi connectivity index (χ1v) is 11.0. The largest absolute Gasteiger partial charge is 0.497 e. The Morgan fingerprint density at radius 2 is 1.34 bits per heavy atom. The summed E-state index contributed by atoms with van der Waals surface area (Å²) in [7, 11) is 4.82. The highest BCUT2D eigenvalue weighted by atomic mass is 16.5. The third-order valence-corrected chi connectivity index (χ3v) is 5.40. The van der Waals surface area contributed by atoms with Crippen molar-refractivity contribution in [3.8, 4) is 17.2 Å². The fourth-order valence-corrected chi connectivity index (χ4v) is 3.55. The van der Waals surface area contributed by atoms with E-state index in [1.54, 1.807) is 45.6 Å². The van der Waals surface area contributed by atoms with Crippen molar-refractivity contribution in [2.45, 2.75) is 13.1 Å². The lowest BCUT2D eigenvalue weighted by atomic mass is 10.2. The van der Waals surface area contributed by atoms with E-state index in [0.717, 1.165) is 22.6 Å². The number of hydrogen-bond donors (Lipinski definition) is 2. The maximum atomic E-state index is 13.3. The van der Waals surface area contributed by atoms with Crippen molar-refractivity contribution in [1.29, 1.82) is 0 Å². The van der Waals surface area contributed by atoms with E-state index in [4.69, 9.17) is 14.2 Å². The lowest BCUT2D eigenvalue weighted by Crippen LogP contribution is -2.17. The molecule has 9 heteroatoms. The maximum Gasteiger partial charge on any atom is 0.281 e. The van der Waals surface area contributed by atoms with Gasteiger partial charge in [-0.1, -0.05) is 36.4 Å². The Kier molecular flexibility index (Phi) is 7.47. The van der Waals surface area contributed by atoms with Crippen molar-refractivity contribution in [3.05, 3.63) is 89.5 Å². The standard InChI is InChI=1S/C26H27N5O4/c1-33-21-14-12-18(13-15-21)24(32)31-26(28-17-20-9-5-7-11-23(20)35-3)29-25(30-31)27-16-19-8-4-6-10-22(19)34-2/h4-15H,16-17H2,1-3H3,(H2,27,28,29,30). The summed E-state index contributed by atoms with van der Waals surface area (Å²) in [5, 5.41) is 10.8. The fraction of sp³-hybridized carbons (Fsp3) is 0.192. The zero-order valence-electron chi connectivity index (χ0n) is 19.8. The number of carbonyl (C=O) groups excluding carboxylic acids is 1. The van der Waals surface area contributed by atoms with Crippen LogP contribution in [0, 0.1) is 0 Å². The zero-order valence-corrected chi connectivity index (χ0v) is 19.8. The fourth-order valence-electron chi connectivity index (χ4n) is 3.55. The summed E-state index contributed by atoms with van der Waals surface area (Å²) in [6.45, 7) is 0.821. The molecule has 0 fully saturated rings. The second-order valence-corrected chi connectivity index (χ2v) is 7.54. The van der Waals surface area contributed by atoms with Gasteiger partial charge in [-0.3, -0.25) is 4.79 Å². The lowest BCUT2D eigenvalue weighted by Gasteiger charge is -2.10. The topological polar surface area (TPSA) is 99.5 Å². The highest BCUT2D eigenvalue weighted by molar-refractivity contribution is 5.97. The van der Waals surface area contributed by atoms with E-state index in [1.165, 1.54) is 4.68 Å². The zero-order chi connectivity index (χ0) is 24.6. The van der Waals surface area contributed by atoms with Crippen LogP contribution in [0.4, 0.5) is 11.9 Å². The molecule has 4 rings (SSSR count). The number of aromatic nitrogens is 3. The summed E-state index contributed by atoms with van der Waals surface area (Å²) >= 11 is 0. The summed E-state index contributed by atoms with van der Waals surface area (Å²) in [4.78, 5) is 17.8. The van der Waals surface area contributed by atoms with Gasteiger partial charge >= 0.3 is 0 Å². The number of para-hydroxylation sites is 2. The maximum absolute atomic E-state index is 13.3. The summed E-state index contributed by atoms with van der Waals surface area (Å²) in [6, 6.07) is 22.2. The van der Waals surface area contributed by atoms with Crippen LogP contribution in [0.1, 0.15) is 21.5 Å². The van der Waals surface area contributed by atoms with E-state index in [0.29, 0.717) is 36.3 Å². The number of hydrogen-bond acceptors (Lipinski definition) is 8. The number of rotatable bonds is 10. The Labute approximate surface area is 203 Å². The third-order valence-electron chi connectivity index (χ3n) is 5.40. The molecular weight excluding hydrogens is 446 g/mol. The summed E-state index contributed by atoms with van der Waals surface area (Å²) in [6.07, 6.45) is 0. The predicted molar refractivity (Wildman–Crippen MR) is 133 cm³/mol. The molecule has 0 bridgehead atoms. The third kappa shape index (κ3) is 5.52. The Hall–Kier alpha value is -4.53. The monoisotopic (exact) mass is 473 g/mol. The van der Waals surface area contributed by atoms with Gasteiger partial charge in [-0.25, -0.2) is 0 Å². The Bertz CT molecular complexity index is 1290. The van der Waals surface area contributed by atoms with Gasteiger partial charge in [0, 0.05) is 29.8 Å². The molecular formula is C26H27N5O4. The van der Waals surface area contributed by atoms with Crippen LogP contribution in [0.3, 0.4) is 0 Å². The van der Waals surface area contributed by atoms with Gasteiger partial charge in [0.15, 0.2) is 0 Å². The van der Waals surface area contributed by atoms with Crippen molar-refractivity contribution < 1.29 is 19.0 Å². The number of nitrogens with one attached hydrogen (secondary N) is 2. The minimum Gasteiger partial charge on any atom is -0.497 e. The molecule has 9 nitrogen and oxygen atoms in total. The van der Waals surface area contributed by atoms with Crippen LogP contribution in [0.5, 0.6) is 17.2 Å².